The minimum absolute atomic E-state index is 0.0930. The summed E-state index contributed by atoms with van der Waals surface area (Å²) in [6, 6.07) is 9.56. The van der Waals surface area contributed by atoms with Crippen molar-refractivity contribution in [3.8, 4) is 11.5 Å². The molecule has 0 bridgehead atoms. The first-order valence-electron chi connectivity index (χ1n) is 8.69. The number of carbonyl (C=O) groups is 1. The van der Waals surface area contributed by atoms with Gasteiger partial charge < -0.3 is 9.47 Å². The molecule has 9 heteroatoms. The number of non-ortho nitro benzene ring substituents is 1. The molecule has 2 aromatic carbocycles. The smallest absolute Gasteiger partial charge is 0.274 e. The largest absolute Gasteiger partial charge is 0.494 e. The molecule has 8 nitrogen and oxygen atoms in total. The summed E-state index contributed by atoms with van der Waals surface area (Å²) in [6.07, 6.45) is 2.03. The van der Waals surface area contributed by atoms with Gasteiger partial charge in [0.25, 0.3) is 11.6 Å². The monoisotopic (exact) mass is 401 g/mol. The second-order valence-corrected chi connectivity index (χ2v) is 6.98. The van der Waals surface area contributed by atoms with Gasteiger partial charge in [-0.05, 0) is 30.7 Å². The average Bonchev–Trinajstić information content (AvgIpc) is 3.10. The van der Waals surface area contributed by atoms with Gasteiger partial charge in [-0.25, -0.2) is 4.98 Å². The maximum Gasteiger partial charge on any atom is 0.274 e. The number of fused-ring (bicyclic) bond motifs is 1. The molecule has 0 aliphatic carbocycles. The maximum atomic E-state index is 12.5. The number of nitrogens with one attached hydrogen (secondary N) is 1. The number of hydrogen-bond acceptors (Lipinski definition) is 7. The van der Waals surface area contributed by atoms with Crippen molar-refractivity contribution in [2.24, 2.45) is 0 Å². The lowest BCUT2D eigenvalue weighted by Gasteiger charge is -2.06. The van der Waals surface area contributed by atoms with Crippen LogP contribution in [-0.4, -0.2) is 29.5 Å². The molecule has 28 heavy (non-hydrogen) atoms. The number of unbranched alkanes of at least 4 members (excludes halogenated alkanes) is 1. The Labute approximate surface area is 165 Å². The molecule has 146 valence electrons. The first-order valence-corrected chi connectivity index (χ1v) is 9.50. The SMILES string of the molecule is CCCCOc1ccc(C(=O)Nc2nc3c(OC)cc([N+](=O)[O-])cc3s2)cc1. The first kappa shape index (κ1) is 19.6. The number of nitrogens with zero attached hydrogens (tertiary/aromatic N) is 2. The number of methoxy groups -OCH3 is 1. The molecule has 1 N–H and O–H groups in total. The van der Waals surface area contributed by atoms with Crippen LogP contribution in [0.2, 0.25) is 0 Å². The van der Waals surface area contributed by atoms with Crippen molar-refractivity contribution >= 4 is 38.3 Å². The second-order valence-electron chi connectivity index (χ2n) is 5.95. The molecular weight excluding hydrogens is 382 g/mol. The van der Waals surface area contributed by atoms with Crippen LogP contribution in [0, 0.1) is 10.1 Å². The van der Waals surface area contributed by atoms with Gasteiger partial charge in [0.1, 0.15) is 11.3 Å². The summed E-state index contributed by atoms with van der Waals surface area (Å²) in [5.41, 5.74) is 0.831. The van der Waals surface area contributed by atoms with E-state index in [0.717, 1.165) is 24.2 Å². The van der Waals surface area contributed by atoms with Crippen LogP contribution in [-0.2, 0) is 0 Å². The van der Waals surface area contributed by atoms with Crippen molar-refractivity contribution in [3.63, 3.8) is 0 Å². The zero-order valence-electron chi connectivity index (χ0n) is 15.4. The molecule has 0 aliphatic heterocycles. The number of nitro groups is 1. The van der Waals surface area contributed by atoms with Crippen LogP contribution in [0.5, 0.6) is 11.5 Å². The normalized spacial score (nSPS) is 10.6. The number of hydrogen-bond donors (Lipinski definition) is 1. The quantitative estimate of drug-likeness (QED) is 0.335. The van der Waals surface area contributed by atoms with E-state index in [0.29, 0.717) is 33.3 Å². The molecule has 1 heterocycles. The van der Waals surface area contributed by atoms with Gasteiger partial charge in [-0.2, -0.15) is 0 Å². The molecule has 0 radical (unpaired) electrons. The highest BCUT2D eigenvalue weighted by molar-refractivity contribution is 7.22. The highest BCUT2D eigenvalue weighted by Gasteiger charge is 2.17. The predicted molar refractivity (Wildman–Crippen MR) is 108 cm³/mol. The van der Waals surface area contributed by atoms with Crippen molar-refractivity contribution < 1.29 is 19.2 Å². The fraction of sp³-hybridized carbons (Fsp3) is 0.263. The number of nitro benzene ring substituents is 1. The molecule has 0 saturated heterocycles. The van der Waals surface area contributed by atoms with Gasteiger partial charge in [-0.15, -0.1) is 0 Å². The van der Waals surface area contributed by atoms with Gasteiger partial charge in [0.15, 0.2) is 10.9 Å². The lowest BCUT2D eigenvalue weighted by Crippen LogP contribution is -2.11. The van der Waals surface area contributed by atoms with E-state index in [9.17, 15) is 14.9 Å². The Bertz CT molecular complexity index is 1000. The molecule has 0 saturated carbocycles. The topological polar surface area (TPSA) is 104 Å². The minimum atomic E-state index is -0.496. The number of thiazole rings is 1. The van der Waals surface area contributed by atoms with Crippen molar-refractivity contribution in [2.45, 2.75) is 19.8 Å². The molecular formula is C19H19N3O5S. The summed E-state index contributed by atoms with van der Waals surface area (Å²) >= 11 is 1.15. The van der Waals surface area contributed by atoms with E-state index < -0.39 is 4.92 Å². The van der Waals surface area contributed by atoms with Crippen molar-refractivity contribution in [1.29, 1.82) is 0 Å². The number of benzene rings is 2. The number of carbonyl (C=O) groups excluding carboxylic acids is 1. The molecule has 0 aliphatic rings. The zero-order valence-corrected chi connectivity index (χ0v) is 16.2. The fourth-order valence-corrected chi connectivity index (χ4v) is 3.42. The Kier molecular flexibility index (Phi) is 6.05. The fourth-order valence-electron chi connectivity index (χ4n) is 2.51. The lowest BCUT2D eigenvalue weighted by molar-refractivity contribution is -0.384. The molecule has 3 aromatic rings. The van der Waals surface area contributed by atoms with Crippen LogP contribution < -0.4 is 14.8 Å². The van der Waals surface area contributed by atoms with Crippen LogP contribution in [0.3, 0.4) is 0 Å². The predicted octanol–water partition coefficient (Wildman–Crippen LogP) is 4.64. The highest BCUT2D eigenvalue weighted by Crippen LogP contribution is 2.36. The Morgan fingerprint density at radius 2 is 2.04 bits per heavy atom. The summed E-state index contributed by atoms with van der Waals surface area (Å²) in [4.78, 5) is 27.3. The van der Waals surface area contributed by atoms with Gasteiger partial charge in [0.2, 0.25) is 0 Å². The Balaban J connectivity index is 1.76. The first-order chi connectivity index (χ1) is 13.5. The van der Waals surface area contributed by atoms with E-state index in [1.54, 1.807) is 24.3 Å². The number of rotatable bonds is 8. The summed E-state index contributed by atoms with van der Waals surface area (Å²) in [6.45, 7) is 2.73. The van der Waals surface area contributed by atoms with Crippen LogP contribution in [0.4, 0.5) is 10.8 Å². The summed E-state index contributed by atoms with van der Waals surface area (Å²) in [5.74, 6) is 0.671. The highest BCUT2D eigenvalue weighted by atomic mass is 32.1. The Morgan fingerprint density at radius 3 is 2.68 bits per heavy atom. The third-order valence-electron chi connectivity index (χ3n) is 3.98. The number of amides is 1. The molecule has 1 aromatic heterocycles. The van der Waals surface area contributed by atoms with Crippen LogP contribution >= 0.6 is 11.3 Å². The van der Waals surface area contributed by atoms with Gasteiger partial charge >= 0.3 is 0 Å². The van der Waals surface area contributed by atoms with Gasteiger partial charge in [-0.1, -0.05) is 24.7 Å². The van der Waals surface area contributed by atoms with Crippen LogP contribution in [0.1, 0.15) is 30.1 Å². The van der Waals surface area contributed by atoms with Crippen molar-refractivity contribution in [2.75, 3.05) is 19.0 Å². The van der Waals surface area contributed by atoms with Crippen LogP contribution in [0.15, 0.2) is 36.4 Å². The average molecular weight is 401 g/mol. The van der Waals surface area contributed by atoms with E-state index >= 15 is 0 Å². The molecule has 0 fully saturated rings. The van der Waals surface area contributed by atoms with Gasteiger partial charge in [0.05, 0.1) is 29.4 Å². The number of aromatic nitrogens is 1. The number of ether oxygens (including phenoxy) is 2. The molecule has 0 unspecified atom stereocenters. The Morgan fingerprint density at radius 1 is 1.29 bits per heavy atom. The standard InChI is InChI=1S/C19H19N3O5S/c1-3-4-9-27-14-7-5-12(6-8-14)18(23)21-19-20-17-15(26-2)10-13(22(24)25)11-16(17)28-19/h5-8,10-11H,3-4,9H2,1-2H3,(H,20,21,23). The second kappa shape index (κ2) is 8.66. The summed E-state index contributed by atoms with van der Waals surface area (Å²) in [7, 11) is 1.42. The van der Waals surface area contributed by atoms with E-state index in [2.05, 4.69) is 17.2 Å². The lowest BCUT2D eigenvalue weighted by atomic mass is 10.2. The zero-order chi connectivity index (χ0) is 20.1. The van der Waals surface area contributed by atoms with E-state index in [-0.39, 0.29) is 17.3 Å². The molecule has 0 spiro atoms. The van der Waals surface area contributed by atoms with Crippen LogP contribution in [0.25, 0.3) is 10.2 Å². The maximum absolute atomic E-state index is 12.5. The molecule has 3 rings (SSSR count). The molecule has 1 amide bonds. The van der Waals surface area contributed by atoms with E-state index in [4.69, 9.17) is 9.47 Å². The van der Waals surface area contributed by atoms with E-state index in [1.807, 2.05) is 0 Å². The minimum Gasteiger partial charge on any atom is -0.494 e. The van der Waals surface area contributed by atoms with Crippen molar-refractivity contribution in [1.82, 2.24) is 4.98 Å². The van der Waals surface area contributed by atoms with E-state index in [1.165, 1.54) is 19.2 Å². The third-order valence-corrected chi connectivity index (χ3v) is 4.90. The Hall–Kier alpha value is -3.20. The summed E-state index contributed by atoms with van der Waals surface area (Å²) in [5, 5.41) is 14.1. The third kappa shape index (κ3) is 4.37. The summed E-state index contributed by atoms with van der Waals surface area (Å²) < 4.78 is 11.3. The number of anilines is 1. The van der Waals surface area contributed by atoms with Gasteiger partial charge in [-0.3, -0.25) is 20.2 Å². The van der Waals surface area contributed by atoms with Crippen molar-refractivity contribution in [3.05, 3.63) is 52.1 Å². The molecule has 0 atom stereocenters. The van der Waals surface area contributed by atoms with Gasteiger partial charge in [0, 0.05) is 11.6 Å².